The molecular formula is C7H18O. The van der Waals surface area contributed by atoms with Gasteiger partial charge in [-0.2, -0.15) is 0 Å². The Labute approximate surface area is 53.0 Å². The van der Waals surface area contributed by atoms with Crippen molar-refractivity contribution < 1.29 is 4.74 Å². The van der Waals surface area contributed by atoms with E-state index < -0.39 is 0 Å². The molecule has 0 N–H and O–H groups in total. The first-order valence-corrected chi connectivity index (χ1v) is 2.55. The van der Waals surface area contributed by atoms with Gasteiger partial charge in [-0.05, 0) is 5.41 Å². The van der Waals surface area contributed by atoms with Gasteiger partial charge in [-0.25, -0.2) is 0 Å². The number of ether oxygens (including phenoxy) is 1. The van der Waals surface area contributed by atoms with Crippen LogP contribution in [0.4, 0.5) is 0 Å². The summed E-state index contributed by atoms with van der Waals surface area (Å²) in [5.74, 6) is 0. The van der Waals surface area contributed by atoms with Crippen LogP contribution in [-0.2, 0) is 4.74 Å². The van der Waals surface area contributed by atoms with Gasteiger partial charge in [0, 0.05) is 7.11 Å². The second kappa shape index (κ2) is 3.90. The van der Waals surface area contributed by atoms with Crippen LogP contribution in [0.3, 0.4) is 0 Å². The number of methoxy groups -OCH3 is 1. The molecule has 0 fully saturated rings. The SMILES string of the molecule is C.COCC(C)(C)C. The van der Waals surface area contributed by atoms with Crippen LogP contribution in [0.2, 0.25) is 0 Å². The molecule has 0 atom stereocenters. The molecule has 0 rings (SSSR count). The Morgan fingerprint density at radius 3 is 1.62 bits per heavy atom. The van der Waals surface area contributed by atoms with Crippen molar-refractivity contribution in [3.05, 3.63) is 0 Å². The summed E-state index contributed by atoms with van der Waals surface area (Å²) >= 11 is 0. The average Bonchev–Trinajstić information content (AvgIpc) is 1.30. The van der Waals surface area contributed by atoms with Gasteiger partial charge in [0.25, 0.3) is 0 Å². The summed E-state index contributed by atoms with van der Waals surface area (Å²) in [6.07, 6.45) is 0. The van der Waals surface area contributed by atoms with Crippen LogP contribution < -0.4 is 0 Å². The van der Waals surface area contributed by atoms with Crippen LogP contribution in [0, 0.1) is 5.41 Å². The van der Waals surface area contributed by atoms with E-state index in [0.29, 0.717) is 5.41 Å². The molecule has 0 radical (unpaired) electrons. The van der Waals surface area contributed by atoms with Crippen LogP contribution >= 0.6 is 0 Å². The maximum Gasteiger partial charge on any atom is 0.0510 e. The fourth-order valence-electron chi connectivity index (χ4n) is 0.433. The molecule has 0 aliphatic carbocycles. The highest BCUT2D eigenvalue weighted by Gasteiger charge is 2.07. The molecule has 0 unspecified atom stereocenters. The zero-order chi connectivity index (χ0) is 5.91. The van der Waals surface area contributed by atoms with E-state index in [1.165, 1.54) is 0 Å². The van der Waals surface area contributed by atoms with E-state index in [9.17, 15) is 0 Å². The van der Waals surface area contributed by atoms with Crippen LogP contribution in [0.25, 0.3) is 0 Å². The molecule has 0 saturated heterocycles. The zero-order valence-electron chi connectivity index (χ0n) is 5.62. The topological polar surface area (TPSA) is 9.23 Å². The average molecular weight is 118 g/mol. The van der Waals surface area contributed by atoms with Crippen molar-refractivity contribution in [2.45, 2.75) is 28.2 Å². The Kier molecular flexibility index (Phi) is 5.29. The molecule has 0 aliphatic rings. The largest absolute Gasteiger partial charge is 0.384 e. The Morgan fingerprint density at radius 1 is 1.25 bits per heavy atom. The molecule has 0 saturated carbocycles. The van der Waals surface area contributed by atoms with Gasteiger partial charge in [0.15, 0.2) is 0 Å². The minimum Gasteiger partial charge on any atom is -0.384 e. The van der Waals surface area contributed by atoms with Gasteiger partial charge in [0.2, 0.25) is 0 Å². The molecule has 0 aromatic rings. The minimum atomic E-state index is 0. The van der Waals surface area contributed by atoms with Gasteiger partial charge < -0.3 is 4.74 Å². The molecule has 0 aromatic heterocycles. The Hall–Kier alpha value is -0.0400. The third kappa shape index (κ3) is 9.35. The third-order valence-corrected chi connectivity index (χ3v) is 0.577. The molecule has 52 valence electrons. The molecular weight excluding hydrogens is 100 g/mol. The maximum absolute atomic E-state index is 4.91. The lowest BCUT2D eigenvalue weighted by atomic mass is 9.99. The first kappa shape index (κ1) is 10.9. The summed E-state index contributed by atoms with van der Waals surface area (Å²) in [6.45, 7) is 7.29. The lowest BCUT2D eigenvalue weighted by Crippen LogP contribution is -2.12. The van der Waals surface area contributed by atoms with Gasteiger partial charge in [0.05, 0.1) is 6.61 Å². The number of hydrogen-bond acceptors (Lipinski definition) is 1. The first-order valence-electron chi connectivity index (χ1n) is 2.55. The molecule has 1 nitrogen and oxygen atoms in total. The Bertz CT molecular complexity index is 42.8. The molecule has 0 aromatic carbocycles. The maximum atomic E-state index is 4.91. The highest BCUT2D eigenvalue weighted by atomic mass is 16.5. The normalized spacial score (nSPS) is 10.5. The number of hydrogen-bond donors (Lipinski definition) is 0. The van der Waals surface area contributed by atoms with Crippen LogP contribution in [-0.4, -0.2) is 13.7 Å². The third-order valence-electron chi connectivity index (χ3n) is 0.577. The molecule has 0 aliphatic heterocycles. The van der Waals surface area contributed by atoms with Crippen LogP contribution in [0.1, 0.15) is 28.2 Å². The summed E-state index contributed by atoms with van der Waals surface area (Å²) in [6, 6.07) is 0. The number of rotatable bonds is 1. The second-order valence-corrected chi connectivity index (χ2v) is 2.99. The second-order valence-electron chi connectivity index (χ2n) is 2.99. The van der Waals surface area contributed by atoms with Gasteiger partial charge in [-0.15, -0.1) is 0 Å². The van der Waals surface area contributed by atoms with Crippen molar-refractivity contribution in [3.8, 4) is 0 Å². The fraction of sp³-hybridized carbons (Fsp3) is 1.00. The minimum absolute atomic E-state index is 0. The van der Waals surface area contributed by atoms with E-state index in [4.69, 9.17) is 4.74 Å². The standard InChI is InChI=1S/C6H14O.CH4/c1-6(2,3)5-7-4;/h5H2,1-4H3;1H4. The van der Waals surface area contributed by atoms with Gasteiger partial charge in [0.1, 0.15) is 0 Å². The highest BCUT2D eigenvalue weighted by molar-refractivity contribution is 4.57. The highest BCUT2D eigenvalue weighted by Crippen LogP contribution is 2.11. The van der Waals surface area contributed by atoms with Crippen LogP contribution in [0.15, 0.2) is 0 Å². The smallest absolute Gasteiger partial charge is 0.0510 e. The summed E-state index contributed by atoms with van der Waals surface area (Å²) < 4.78 is 4.91. The van der Waals surface area contributed by atoms with E-state index in [0.717, 1.165) is 6.61 Å². The van der Waals surface area contributed by atoms with Gasteiger partial charge in [-0.3, -0.25) is 0 Å². The summed E-state index contributed by atoms with van der Waals surface area (Å²) in [7, 11) is 1.73. The quantitative estimate of drug-likeness (QED) is 0.513. The molecule has 8 heavy (non-hydrogen) atoms. The van der Waals surface area contributed by atoms with E-state index in [2.05, 4.69) is 20.8 Å². The fourth-order valence-corrected chi connectivity index (χ4v) is 0.433. The van der Waals surface area contributed by atoms with Crippen molar-refractivity contribution in [1.29, 1.82) is 0 Å². The lowest BCUT2D eigenvalue weighted by Gasteiger charge is -2.15. The first-order chi connectivity index (χ1) is 3.06. The van der Waals surface area contributed by atoms with E-state index >= 15 is 0 Å². The molecule has 0 bridgehead atoms. The van der Waals surface area contributed by atoms with E-state index in [1.807, 2.05) is 0 Å². The molecule has 0 heterocycles. The van der Waals surface area contributed by atoms with Crippen molar-refractivity contribution in [1.82, 2.24) is 0 Å². The molecule has 0 amide bonds. The Morgan fingerprint density at radius 2 is 1.62 bits per heavy atom. The summed E-state index contributed by atoms with van der Waals surface area (Å²) in [5.41, 5.74) is 0.328. The van der Waals surface area contributed by atoms with Crippen molar-refractivity contribution in [2.75, 3.05) is 13.7 Å². The summed E-state index contributed by atoms with van der Waals surface area (Å²) in [4.78, 5) is 0. The summed E-state index contributed by atoms with van der Waals surface area (Å²) in [5, 5.41) is 0. The van der Waals surface area contributed by atoms with Crippen molar-refractivity contribution in [2.24, 2.45) is 5.41 Å². The zero-order valence-corrected chi connectivity index (χ0v) is 5.62. The van der Waals surface area contributed by atoms with Gasteiger partial charge in [-0.1, -0.05) is 28.2 Å². The van der Waals surface area contributed by atoms with Crippen molar-refractivity contribution >= 4 is 0 Å². The predicted octanol–water partition coefficient (Wildman–Crippen LogP) is 2.32. The van der Waals surface area contributed by atoms with Crippen molar-refractivity contribution in [3.63, 3.8) is 0 Å². The van der Waals surface area contributed by atoms with Crippen LogP contribution in [0.5, 0.6) is 0 Å². The van der Waals surface area contributed by atoms with E-state index in [1.54, 1.807) is 7.11 Å². The molecule has 0 spiro atoms. The molecule has 1 heteroatoms. The lowest BCUT2D eigenvalue weighted by molar-refractivity contribution is 0.116. The predicted molar refractivity (Wildman–Crippen MR) is 38.1 cm³/mol. The van der Waals surface area contributed by atoms with Gasteiger partial charge >= 0.3 is 0 Å². The monoisotopic (exact) mass is 118 g/mol. The van der Waals surface area contributed by atoms with E-state index in [-0.39, 0.29) is 7.43 Å². The Balaban J connectivity index is 0.